The van der Waals surface area contributed by atoms with Crippen LogP contribution in [0.1, 0.15) is 131 Å². The molecule has 21 heteroatoms. The predicted octanol–water partition coefficient (Wildman–Crippen LogP) is 9.49. The molecular weight excluding hydrogens is 979 g/mol. The molecule has 13 N–H and O–H groups in total. The molecule has 0 atom stereocenters. The van der Waals surface area contributed by atoms with Gasteiger partial charge in [0.1, 0.15) is 6.26 Å². The highest BCUT2D eigenvalue weighted by Crippen LogP contribution is 2.22. The number of nitrogen functional groups attached to an aromatic ring is 1. The van der Waals surface area contributed by atoms with E-state index in [1.165, 1.54) is 11.8 Å². The first-order valence-electron chi connectivity index (χ1n) is 25.2. The number of allylic oxidation sites excluding steroid dienone is 5. The number of carbonyl (C=O) groups is 4. The number of H-pyrrole nitrogens is 1. The topological polar surface area (TPSA) is 310 Å². The fourth-order valence-corrected chi connectivity index (χ4v) is 6.98. The quantitative estimate of drug-likeness (QED) is 0.124. The number of cyclic esters (lactones) is 1. The van der Waals surface area contributed by atoms with Crippen molar-refractivity contribution in [1.29, 1.82) is 0 Å². The fraction of sp³-hybridized carbons (Fsp3) is 0.411. The maximum Gasteiger partial charge on any atom is 0.416 e. The number of aromatic nitrogens is 4. The molecule has 0 fully saturated rings. The molecule has 7 rings (SSSR count). The van der Waals surface area contributed by atoms with Crippen molar-refractivity contribution in [3.8, 4) is 0 Å². The van der Waals surface area contributed by atoms with Crippen LogP contribution in [0.4, 0.5) is 25.1 Å². The molecule has 77 heavy (non-hydrogen) atoms. The minimum Gasteiger partial charge on any atom is -0.418 e. The number of nitrogens with zero attached hydrogens (tertiary/aromatic N) is 4. The van der Waals surface area contributed by atoms with Gasteiger partial charge in [-0.1, -0.05) is 130 Å². The Labute approximate surface area is 455 Å². The number of nitrogens with two attached hydrogens (primary N) is 2. The van der Waals surface area contributed by atoms with Crippen LogP contribution in [0.5, 0.6) is 0 Å². The molecule has 5 aliphatic heterocycles. The number of ether oxygens (including phenoxy) is 1. The molecule has 5 aliphatic rings. The number of urea groups is 3. The molecule has 21 nitrogen and oxygen atoms in total. The van der Waals surface area contributed by atoms with E-state index in [-0.39, 0.29) is 23.8 Å². The second-order valence-electron chi connectivity index (χ2n) is 19.9. The van der Waals surface area contributed by atoms with Crippen molar-refractivity contribution in [3.05, 3.63) is 166 Å². The number of guanidine groups is 1. The van der Waals surface area contributed by atoms with Gasteiger partial charge in [0, 0.05) is 82.6 Å². The molecule has 0 spiro atoms. The van der Waals surface area contributed by atoms with Crippen LogP contribution in [-0.4, -0.2) is 50.1 Å². The van der Waals surface area contributed by atoms with Gasteiger partial charge in [0.25, 0.3) is 0 Å². The third-order valence-electron chi connectivity index (χ3n) is 11.2. The molecule has 7 amide bonds. The number of carbonyl (C=O) groups excluding carboxylic acids is 4. The highest BCUT2D eigenvalue weighted by molar-refractivity contribution is 5.83. The molecule has 0 unspecified atom stereocenters. The van der Waals surface area contributed by atoms with E-state index in [1.54, 1.807) is 37.2 Å². The van der Waals surface area contributed by atoms with E-state index < -0.39 is 6.09 Å². The Kier molecular flexibility index (Phi) is 27.7. The first kappa shape index (κ1) is 66.5. The van der Waals surface area contributed by atoms with E-state index in [9.17, 15) is 24.0 Å². The van der Waals surface area contributed by atoms with Crippen LogP contribution in [0.2, 0.25) is 0 Å². The van der Waals surface area contributed by atoms with Crippen molar-refractivity contribution < 1.29 is 23.9 Å². The largest absolute Gasteiger partial charge is 0.418 e. The van der Waals surface area contributed by atoms with E-state index in [0.717, 1.165) is 50.5 Å². The SMILES string of the molecule is C=C1NC(=O)NC=C1C(C)C.C=C1NC(=O)NC=C1C(C)C.C=C1NC(=O)NC=C1C(C)C.C=C1NC(=O)OC=C1C(C)C.C=C1NC(N)=NC=C1C(C)C.Cc1[nH]c(=O)ncc1C(C)C.Cc1nc(N)ncc1C(C)C. The summed E-state index contributed by atoms with van der Waals surface area (Å²) in [6.07, 6.45) is 11.3. The summed E-state index contributed by atoms with van der Waals surface area (Å²) in [4.78, 5) is 71.7. The Hall–Kier alpha value is -8.49. The second-order valence-corrected chi connectivity index (χ2v) is 19.9. The van der Waals surface area contributed by atoms with E-state index in [2.05, 4.69) is 188 Å². The van der Waals surface area contributed by atoms with Gasteiger partial charge in [-0.25, -0.2) is 43.9 Å². The third kappa shape index (κ3) is 23.7. The van der Waals surface area contributed by atoms with Crippen molar-refractivity contribution in [2.45, 2.75) is 123 Å². The molecular formula is C56H85N15O6. The fourth-order valence-electron chi connectivity index (χ4n) is 6.98. The lowest BCUT2D eigenvalue weighted by Gasteiger charge is -2.19. The average Bonchev–Trinajstić information content (AvgIpc) is 3.29. The van der Waals surface area contributed by atoms with Crippen LogP contribution in [0.15, 0.2) is 142 Å². The van der Waals surface area contributed by atoms with E-state index >= 15 is 0 Å². The Morgan fingerprint density at radius 2 is 0.857 bits per heavy atom. The van der Waals surface area contributed by atoms with Gasteiger partial charge in [0.2, 0.25) is 5.95 Å². The number of rotatable bonds is 7. The Bertz CT molecular complexity index is 2550. The van der Waals surface area contributed by atoms with Crippen molar-refractivity contribution in [2.24, 2.45) is 40.3 Å². The third-order valence-corrected chi connectivity index (χ3v) is 11.2. The van der Waals surface area contributed by atoms with E-state index in [1.807, 2.05) is 27.7 Å². The van der Waals surface area contributed by atoms with Gasteiger partial charge >= 0.3 is 29.9 Å². The van der Waals surface area contributed by atoms with Gasteiger partial charge in [0.15, 0.2) is 5.96 Å². The first-order chi connectivity index (χ1) is 35.8. The second kappa shape index (κ2) is 32.1. The number of alkyl carbamates (subject to hydrolysis) is 1. The van der Waals surface area contributed by atoms with Crippen LogP contribution in [0.25, 0.3) is 0 Å². The Morgan fingerprint density at radius 3 is 1.18 bits per heavy atom. The summed E-state index contributed by atoms with van der Waals surface area (Å²) in [7, 11) is 0. The maximum absolute atomic E-state index is 10.7. The lowest BCUT2D eigenvalue weighted by molar-refractivity contribution is 0.183. The molecule has 0 saturated carbocycles. The standard InChI is InChI=1S/2C8H13N3.4C8H12N2O.C8H11NO2/c2*1-5(2)7-4-10-8(9)11-6(7)3;4*1-5(2)7-4-9-8(11)10-6(7)3;1-5(2)7-4-11-8(10)9-6(7)3/h4-5H,1-3H3,(H2,9,10,11);4-5H,3H2,1-2H3,(H3,9,10,11);4-5H,1-3H3,(H,9,10,11);3*4-5H,3H2,1-2H3,(H2,9,10,11);4-5H,3H2,1-2H3,(H,9,10). The number of aryl methyl sites for hydroxylation is 2. The van der Waals surface area contributed by atoms with Crippen molar-refractivity contribution >= 4 is 36.1 Å². The van der Waals surface area contributed by atoms with Gasteiger partial charge < -0.3 is 58.4 Å². The lowest BCUT2D eigenvalue weighted by atomic mass is 10.0. The zero-order chi connectivity index (χ0) is 59.0. The Morgan fingerprint density at radius 1 is 0.481 bits per heavy atom. The molecule has 2 aromatic heterocycles. The number of hydrogen-bond donors (Lipinski definition) is 11. The minimum atomic E-state index is -0.459. The summed E-state index contributed by atoms with van der Waals surface area (Å²) in [6.45, 7) is 51.4. The molecule has 0 saturated heterocycles. The summed E-state index contributed by atoms with van der Waals surface area (Å²) in [6, 6.07) is -0.627. The van der Waals surface area contributed by atoms with Gasteiger partial charge in [-0.05, 0) is 88.7 Å². The molecule has 0 radical (unpaired) electrons. The molecule has 0 bridgehead atoms. The molecule has 2 aromatic rings. The first-order valence-corrected chi connectivity index (χ1v) is 25.2. The Balaban J connectivity index is 0.000000449. The van der Waals surface area contributed by atoms with Gasteiger partial charge in [-0.15, -0.1) is 0 Å². The van der Waals surface area contributed by atoms with E-state index in [4.69, 9.17) is 11.5 Å². The summed E-state index contributed by atoms with van der Waals surface area (Å²) in [5.74, 6) is 3.57. The van der Waals surface area contributed by atoms with Crippen LogP contribution < -0.4 is 59.7 Å². The highest BCUT2D eigenvalue weighted by Gasteiger charge is 2.19. The van der Waals surface area contributed by atoms with Crippen LogP contribution in [-0.2, 0) is 4.74 Å². The number of aliphatic imine (C=N–C) groups is 1. The molecule has 420 valence electrons. The summed E-state index contributed by atoms with van der Waals surface area (Å²) >= 11 is 0. The summed E-state index contributed by atoms with van der Waals surface area (Å²) < 4.78 is 4.65. The average molecular weight is 1060 g/mol. The predicted molar refractivity (Wildman–Crippen MR) is 309 cm³/mol. The van der Waals surface area contributed by atoms with Crippen molar-refractivity contribution in [3.63, 3.8) is 0 Å². The van der Waals surface area contributed by atoms with Crippen LogP contribution in [0, 0.1) is 43.4 Å². The molecule has 7 heterocycles. The van der Waals surface area contributed by atoms with Gasteiger partial charge in [-0.2, -0.15) is 0 Å². The number of amides is 7. The van der Waals surface area contributed by atoms with Gasteiger partial charge in [0.05, 0.1) is 0 Å². The van der Waals surface area contributed by atoms with E-state index in [0.29, 0.717) is 76.1 Å². The number of aromatic amines is 1. The number of anilines is 1. The van der Waals surface area contributed by atoms with Crippen molar-refractivity contribution in [2.75, 3.05) is 5.73 Å². The smallest absolute Gasteiger partial charge is 0.416 e. The van der Waals surface area contributed by atoms with Crippen LogP contribution >= 0.6 is 0 Å². The van der Waals surface area contributed by atoms with Gasteiger partial charge in [-0.3, -0.25) is 5.32 Å². The monoisotopic (exact) mass is 1060 g/mol. The molecule has 0 aliphatic carbocycles. The summed E-state index contributed by atoms with van der Waals surface area (Å²) in [5, 5.41) is 20.9. The molecule has 0 aromatic carbocycles. The number of nitrogens with one attached hydrogen (secondary N) is 9. The minimum absolute atomic E-state index is 0.209. The zero-order valence-corrected chi connectivity index (χ0v) is 48.0. The van der Waals surface area contributed by atoms with Crippen LogP contribution in [0.3, 0.4) is 0 Å². The number of hydrogen-bond acceptors (Lipinski definition) is 13. The zero-order valence-electron chi connectivity index (χ0n) is 48.0. The highest BCUT2D eigenvalue weighted by atomic mass is 16.5. The maximum atomic E-state index is 10.7. The summed E-state index contributed by atoms with van der Waals surface area (Å²) in [5.41, 5.74) is 23.5. The van der Waals surface area contributed by atoms with Crippen molar-refractivity contribution in [1.82, 2.24) is 62.5 Å². The lowest BCUT2D eigenvalue weighted by Crippen LogP contribution is -2.37. The normalized spacial score (nSPS) is 15.5.